The first-order valence-electron chi connectivity index (χ1n) is 10.8. The predicted molar refractivity (Wildman–Crippen MR) is 135 cm³/mol. The van der Waals surface area contributed by atoms with Gasteiger partial charge < -0.3 is 19.5 Å². The zero-order chi connectivity index (χ0) is 24.7. The summed E-state index contributed by atoms with van der Waals surface area (Å²) < 4.78 is 18.2. The number of carbonyl (C=O) groups excluding carboxylic acids is 1. The number of ether oxygens (including phenoxy) is 3. The minimum atomic E-state index is -0.111. The van der Waals surface area contributed by atoms with Crippen molar-refractivity contribution in [2.45, 2.75) is 31.5 Å². The zero-order valence-corrected chi connectivity index (χ0v) is 20.9. The lowest BCUT2D eigenvalue weighted by atomic mass is 10.0. The molecule has 0 aliphatic rings. The molecule has 1 N–H and O–H groups in total. The highest BCUT2D eigenvalue weighted by Crippen LogP contribution is 2.41. The van der Waals surface area contributed by atoms with E-state index in [9.17, 15) is 4.79 Å². The second-order valence-corrected chi connectivity index (χ2v) is 8.64. The molecule has 0 fully saturated rings. The van der Waals surface area contributed by atoms with Gasteiger partial charge in [-0.1, -0.05) is 49.9 Å². The number of hydrogen-bond acceptors (Lipinski definition) is 7. The molecule has 0 atom stereocenters. The predicted octanol–water partition coefficient (Wildman–Crippen LogP) is 5.01. The van der Waals surface area contributed by atoms with Gasteiger partial charge in [0.25, 0.3) is 0 Å². The van der Waals surface area contributed by atoms with Crippen molar-refractivity contribution in [1.29, 1.82) is 0 Å². The lowest BCUT2D eigenvalue weighted by Crippen LogP contribution is -2.16. The van der Waals surface area contributed by atoms with Gasteiger partial charge in [0, 0.05) is 17.8 Å². The molecule has 9 heteroatoms. The van der Waals surface area contributed by atoms with E-state index in [0.717, 1.165) is 16.8 Å². The maximum atomic E-state index is 12.7. The van der Waals surface area contributed by atoms with Gasteiger partial charge in [-0.3, -0.25) is 9.36 Å². The summed E-state index contributed by atoms with van der Waals surface area (Å²) in [6.07, 6.45) is 1.76. The SMILES string of the molecule is C=CCn1c(SCC(=O)Nc2ccccc2C(C)C)nnc1-c1cc(OC)c(OC)c(OC)c1. The van der Waals surface area contributed by atoms with Gasteiger partial charge in [-0.05, 0) is 29.7 Å². The summed E-state index contributed by atoms with van der Waals surface area (Å²) in [6, 6.07) is 11.5. The third-order valence-electron chi connectivity index (χ3n) is 5.14. The molecule has 0 saturated heterocycles. The molecule has 180 valence electrons. The van der Waals surface area contributed by atoms with Crippen molar-refractivity contribution < 1.29 is 19.0 Å². The average molecular weight is 483 g/mol. The quantitative estimate of drug-likeness (QED) is 0.304. The van der Waals surface area contributed by atoms with Crippen LogP contribution in [0.15, 0.2) is 54.2 Å². The number of para-hydroxylation sites is 1. The molecule has 8 nitrogen and oxygen atoms in total. The Balaban J connectivity index is 1.84. The third-order valence-corrected chi connectivity index (χ3v) is 6.11. The summed E-state index contributed by atoms with van der Waals surface area (Å²) in [6.45, 7) is 8.52. The van der Waals surface area contributed by atoms with E-state index < -0.39 is 0 Å². The first kappa shape index (κ1) is 25.2. The van der Waals surface area contributed by atoms with E-state index in [2.05, 4.69) is 35.9 Å². The summed E-state index contributed by atoms with van der Waals surface area (Å²) in [5.74, 6) is 2.52. The van der Waals surface area contributed by atoms with E-state index in [4.69, 9.17) is 14.2 Å². The highest BCUT2D eigenvalue weighted by atomic mass is 32.2. The molecule has 0 spiro atoms. The Hall–Kier alpha value is -3.46. The normalized spacial score (nSPS) is 10.8. The number of rotatable bonds is 11. The van der Waals surface area contributed by atoms with Crippen molar-refractivity contribution in [3.63, 3.8) is 0 Å². The van der Waals surface area contributed by atoms with Crippen molar-refractivity contribution in [3.8, 4) is 28.6 Å². The molecule has 1 aromatic heterocycles. The number of benzene rings is 2. The summed E-state index contributed by atoms with van der Waals surface area (Å²) in [4.78, 5) is 12.7. The smallest absolute Gasteiger partial charge is 0.234 e. The maximum absolute atomic E-state index is 12.7. The number of carbonyl (C=O) groups is 1. The van der Waals surface area contributed by atoms with Gasteiger partial charge in [0.1, 0.15) is 0 Å². The number of amides is 1. The van der Waals surface area contributed by atoms with Crippen molar-refractivity contribution in [1.82, 2.24) is 14.8 Å². The standard InChI is InChI=1S/C25H30N4O4S/c1-7-12-29-24(17-13-20(31-4)23(33-6)21(14-17)32-5)27-28-25(29)34-15-22(30)26-19-11-9-8-10-18(19)16(2)3/h7-11,13-14,16H,1,12,15H2,2-6H3,(H,26,30). The van der Waals surface area contributed by atoms with Crippen LogP contribution in [-0.2, 0) is 11.3 Å². The average Bonchev–Trinajstić information content (AvgIpc) is 3.24. The van der Waals surface area contributed by atoms with Gasteiger partial charge in [0.05, 0.1) is 27.1 Å². The molecule has 0 unspecified atom stereocenters. The first-order chi connectivity index (χ1) is 16.4. The Kier molecular flexibility index (Phi) is 8.59. The molecule has 0 aliphatic carbocycles. The minimum absolute atomic E-state index is 0.111. The third kappa shape index (κ3) is 5.53. The van der Waals surface area contributed by atoms with Gasteiger partial charge in [0.2, 0.25) is 11.7 Å². The van der Waals surface area contributed by atoms with E-state index in [1.165, 1.54) is 11.8 Å². The second kappa shape index (κ2) is 11.6. The molecule has 0 radical (unpaired) electrons. The first-order valence-corrected chi connectivity index (χ1v) is 11.8. The Morgan fingerprint density at radius 2 is 1.79 bits per heavy atom. The Morgan fingerprint density at radius 1 is 1.12 bits per heavy atom. The lowest BCUT2D eigenvalue weighted by Gasteiger charge is -2.15. The van der Waals surface area contributed by atoms with Crippen LogP contribution in [0.3, 0.4) is 0 Å². The molecule has 2 aromatic carbocycles. The molecule has 0 saturated carbocycles. The number of nitrogens with one attached hydrogen (secondary N) is 1. The van der Waals surface area contributed by atoms with E-state index in [0.29, 0.717) is 40.7 Å². The van der Waals surface area contributed by atoms with Gasteiger partial charge in [0.15, 0.2) is 22.5 Å². The Labute approximate surface area is 204 Å². The fraction of sp³-hybridized carbons (Fsp3) is 0.320. The molecule has 34 heavy (non-hydrogen) atoms. The summed E-state index contributed by atoms with van der Waals surface area (Å²) in [7, 11) is 4.68. The largest absolute Gasteiger partial charge is 0.493 e. The van der Waals surface area contributed by atoms with Crippen LogP contribution in [0.4, 0.5) is 5.69 Å². The molecule has 3 aromatic rings. The number of hydrogen-bond donors (Lipinski definition) is 1. The Morgan fingerprint density at radius 3 is 2.38 bits per heavy atom. The number of aromatic nitrogens is 3. The molecular formula is C25H30N4O4S. The molecule has 1 heterocycles. The van der Waals surface area contributed by atoms with Gasteiger partial charge in [-0.25, -0.2) is 0 Å². The van der Waals surface area contributed by atoms with E-state index in [-0.39, 0.29) is 11.7 Å². The van der Waals surface area contributed by atoms with Crippen LogP contribution in [0, 0.1) is 0 Å². The second-order valence-electron chi connectivity index (χ2n) is 7.70. The van der Waals surface area contributed by atoms with Crippen LogP contribution >= 0.6 is 11.8 Å². The maximum Gasteiger partial charge on any atom is 0.234 e. The van der Waals surface area contributed by atoms with Crippen LogP contribution in [0.25, 0.3) is 11.4 Å². The fourth-order valence-corrected chi connectivity index (χ4v) is 4.29. The summed E-state index contributed by atoms with van der Waals surface area (Å²) >= 11 is 1.31. The lowest BCUT2D eigenvalue weighted by molar-refractivity contribution is -0.113. The summed E-state index contributed by atoms with van der Waals surface area (Å²) in [5, 5.41) is 12.3. The van der Waals surface area contributed by atoms with E-state index >= 15 is 0 Å². The number of allylic oxidation sites excluding steroid dienone is 1. The van der Waals surface area contributed by atoms with Crippen LogP contribution in [-0.4, -0.2) is 47.8 Å². The van der Waals surface area contributed by atoms with Gasteiger partial charge in [-0.15, -0.1) is 16.8 Å². The monoisotopic (exact) mass is 482 g/mol. The molecule has 0 bridgehead atoms. The van der Waals surface area contributed by atoms with Crippen molar-refractivity contribution in [3.05, 3.63) is 54.6 Å². The molecule has 0 aliphatic heterocycles. The minimum Gasteiger partial charge on any atom is -0.493 e. The zero-order valence-electron chi connectivity index (χ0n) is 20.1. The van der Waals surface area contributed by atoms with Gasteiger partial charge in [-0.2, -0.15) is 0 Å². The van der Waals surface area contributed by atoms with Crippen LogP contribution < -0.4 is 19.5 Å². The Bertz CT molecular complexity index is 1130. The fourth-order valence-electron chi connectivity index (χ4n) is 3.54. The molecular weight excluding hydrogens is 452 g/mol. The molecule has 3 rings (SSSR count). The molecule has 1 amide bonds. The number of anilines is 1. The van der Waals surface area contributed by atoms with E-state index in [1.807, 2.05) is 41.0 Å². The number of thioether (sulfide) groups is 1. The van der Waals surface area contributed by atoms with Crippen LogP contribution in [0.5, 0.6) is 17.2 Å². The van der Waals surface area contributed by atoms with Crippen LogP contribution in [0.2, 0.25) is 0 Å². The number of nitrogens with zero attached hydrogens (tertiary/aromatic N) is 3. The van der Waals surface area contributed by atoms with Crippen molar-refractivity contribution in [2.75, 3.05) is 32.4 Å². The summed E-state index contributed by atoms with van der Waals surface area (Å²) in [5.41, 5.74) is 2.67. The topological polar surface area (TPSA) is 87.5 Å². The van der Waals surface area contributed by atoms with Gasteiger partial charge >= 0.3 is 0 Å². The van der Waals surface area contributed by atoms with Crippen LogP contribution in [0.1, 0.15) is 25.3 Å². The van der Waals surface area contributed by atoms with Crippen molar-refractivity contribution >= 4 is 23.4 Å². The van der Waals surface area contributed by atoms with Crippen molar-refractivity contribution in [2.24, 2.45) is 0 Å². The highest BCUT2D eigenvalue weighted by Gasteiger charge is 2.20. The number of methoxy groups -OCH3 is 3. The van der Waals surface area contributed by atoms with E-state index in [1.54, 1.807) is 27.4 Å². The highest BCUT2D eigenvalue weighted by molar-refractivity contribution is 7.99.